The smallest absolute Gasteiger partial charge is 0.0146 e. The Morgan fingerprint density at radius 1 is 0.448 bits per heavy atom. The molecule has 0 aromatic heterocycles. The fourth-order valence-corrected chi connectivity index (χ4v) is 3.72. The molecule has 0 N–H and O–H groups in total. The first-order valence-electron chi connectivity index (χ1n) is 11.4. The first-order chi connectivity index (χ1) is 13.0. The molecule has 160 valence electrons. The van der Waals surface area contributed by atoms with E-state index < -0.39 is 0 Å². The molecule has 0 radical (unpaired) electrons. The van der Waals surface area contributed by atoms with E-state index in [1.807, 2.05) is 0 Å². The second kappa shape index (κ2) is 7.93. The Morgan fingerprint density at radius 3 is 0.966 bits per heavy atom. The minimum absolute atomic E-state index is 0.0458. The summed E-state index contributed by atoms with van der Waals surface area (Å²) < 4.78 is 0. The molecule has 0 heteroatoms. The summed E-state index contributed by atoms with van der Waals surface area (Å²) in [7, 11) is 0. The molecule has 0 aliphatic carbocycles. The van der Waals surface area contributed by atoms with Gasteiger partial charge in [0.1, 0.15) is 0 Å². The van der Waals surface area contributed by atoms with Crippen LogP contribution in [0.4, 0.5) is 0 Å². The van der Waals surface area contributed by atoms with Crippen molar-refractivity contribution in [1.29, 1.82) is 0 Å². The summed E-state index contributed by atoms with van der Waals surface area (Å²) in [6, 6.07) is 14.6. The van der Waals surface area contributed by atoms with E-state index in [9.17, 15) is 0 Å². The number of hydrogen-bond donors (Lipinski definition) is 0. The van der Waals surface area contributed by atoms with E-state index in [2.05, 4.69) is 119 Å². The van der Waals surface area contributed by atoms with Gasteiger partial charge in [-0.25, -0.2) is 0 Å². The molecule has 0 bridgehead atoms. The maximum absolute atomic E-state index is 2.45. The predicted octanol–water partition coefficient (Wildman–Crippen LogP) is 8.85. The van der Waals surface area contributed by atoms with Gasteiger partial charge in [0.25, 0.3) is 0 Å². The lowest BCUT2D eigenvalue weighted by Gasteiger charge is -2.32. The van der Waals surface area contributed by atoms with E-state index >= 15 is 0 Å². The molecule has 0 aliphatic heterocycles. The molecule has 2 aromatic carbocycles. The number of benzene rings is 2. The van der Waals surface area contributed by atoms with E-state index in [0.717, 1.165) is 0 Å². The molecule has 0 unspecified atom stereocenters. The molecule has 0 saturated carbocycles. The topological polar surface area (TPSA) is 0 Å². The van der Waals surface area contributed by atoms with Crippen LogP contribution in [0.5, 0.6) is 0 Å². The molecule has 0 saturated heterocycles. The summed E-state index contributed by atoms with van der Waals surface area (Å²) in [4.78, 5) is 0. The summed E-state index contributed by atoms with van der Waals surface area (Å²) in [5.74, 6) is 1.05. The van der Waals surface area contributed by atoms with Gasteiger partial charge in [0, 0.05) is 5.41 Å². The van der Waals surface area contributed by atoms with Crippen LogP contribution in [0.15, 0.2) is 36.4 Å². The highest BCUT2D eigenvalue weighted by Crippen LogP contribution is 2.39. The van der Waals surface area contributed by atoms with Crippen molar-refractivity contribution < 1.29 is 0 Å². The van der Waals surface area contributed by atoms with Gasteiger partial charge in [-0.3, -0.25) is 0 Å². The van der Waals surface area contributed by atoms with Crippen LogP contribution in [0, 0.1) is 0 Å². The number of hydrogen-bond acceptors (Lipinski definition) is 0. The number of rotatable bonds is 4. The minimum Gasteiger partial charge on any atom is -0.0587 e. The first kappa shape index (κ1) is 23.7. The SMILES string of the molecule is CC(C)c1cc(C(C)(C)C)cc(C(C)(C)c2cc(C(C)C)cc(C(C)(C)C)c2)c1. The zero-order valence-corrected chi connectivity index (χ0v) is 21.1. The lowest BCUT2D eigenvalue weighted by molar-refractivity contribution is 0.572. The summed E-state index contributed by atoms with van der Waals surface area (Å²) >= 11 is 0. The van der Waals surface area contributed by atoms with E-state index in [1.54, 1.807) is 0 Å². The summed E-state index contributed by atoms with van der Waals surface area (Å²) in [5, 5.41) is 0. The highest BCUT2D eigenvalue weighted by molar-refractivity contribution is 5.47. The third kappa shape index (κ3) is 5.33. The summed E-state index contributed by atoms with van der Waals surface area (Å²) in [6.45, 7) is 27.9. The molecule has 2 rings (SSSR count). The zero-order chi connectivity index (χ0) is 22.4. The third-order valence-electron chi connectivity index (χ3n) is 6.42. The van der Waals surface area contributed by atoms with Gasteiger partial charge in [-0.1, -0.05) is 119 Å². The molecule has 0 atom stereocenters. The Bertz CT molecular complexity index is 777. The van der Waals surface area contributed by atoms with Gasteiger partial charge in [0.05, 0.1) is 0 Å². The van der Waals surface area contributed by atoms with Crippen molar-refractivity contribution in [3.05, 3.63) is 69.8 Å². The third-order valence-corrected chi connectivity index (χ3v) is 6.42. The fourth-order valence-electron chi connectivity index (χ4n) is 3.72. The van der Waals surface area contributed by atoms with Crippen LogP contribution in [0.25, 0.3) is 0 Å². The maximum atomic E-state index is 2.45. The van der Waals surface area contributed by atoms with Crippen LogP contribution in [-0.4, -0.2) is 0 Å². The Hall–Kier alpha value is -1.56. The van der Waals surface area contributed by atoms with Crippen LogP contribution < -0.4 is 0 Å². The first-order valence-corrected chi connectivity index (χ1v) is 11.4. The Balaban J connectivity index is 2.75. The van der Waals surface area contributed by atoms with Crippen molar-refractivity contribution in [2.75, 3.05) is 0 Å². The van der Waals surface area contributed by atoms with Gasteiger partial charge in [-0.2, -0.15) is 0 Å². The largest absolute Gasteiger partial charge is 0.0587 e. The van der Waals surface area contributed by atoms with Crippen molar-refractivity contribution >= 4 is 0 Å². The summed E-state index contributed by atoms with van der Waals surface area (Å²) in [6.07, 6.45) is 0. The molecular weight excluding hydrogens is 348 g/mol. The quantitative estimate of drug-likeness (QED) is 0.487. The molecule has 0 amide bonds. The van der Waals surface area contributed by atoms with Crippen LogP contribution in [0.2, 0.25) is 0 Å². The van der Waals surface area contributed by atoms with Gasteiger partial charge in [-0.15, -0.1) is 0 Å². The van der Waals surface area contributed by atoms with Gasteiger partial charge in [0.15, 0.2) is 0 Å². The standard InChI is InChI=1S/C29H44/c1-19(2)21-13-23(27(5,6)7)17-25(15-21)29(11,12)26-16-22(20(3)4)14-24(18-26)28(8,9)10/h13-20H,1-12H3. The van der Waals surface area contributed by atoms with Crippen molar-refractivity contribution in [2.45, 2.75) is 111 Å². The second-order valence-corrected chi connectivity index (χ2v) is 12.1. The van der Waals surface area contributed by atoms with Crippen molar-refractivity contribution in [1.82, 2.24) is 0 Å². The van der Waals surface area contributed by atoms with Gasteiger partial charge >= 0.3 is 0 Å². The molecule has 0 aliphatic rings. The van der Waals surface area contributed by atoms with Gasteiger partial charge in [-0.05, 0) is 56.0 Å². The Labute approximate surface area is 181 Å². The lowest BCUT2D eigenvalue weighted by atomic mass is 9.72. The van der Waals surface area contributed by atoms with Crippen LogP contribution in [0.1, 0.15) is 128 Å². The zero-order valence-electron chi connectivity index (χ0n) is 21.1. The Morgan fingerprint density at radius 2 is 0.724 bits per heavy atom. The fraction of sp³-hybridized carbons (Fsp3) is 0.586. The van der Waals surface area contributed by atoms with Gasteiger partial charge in [0.2, 0.25) is 0 Å². The predicted molar refractivity (Wildman–Crippen MR) is 131 cm³/mol. The molecule has 0 heterocycles. The van der Waals surface area contributed by atoms with E-state index in [0.29, 0.717) is 11.8 Å². The lowest BCUT2D eigenvalue weighted by Crippen LogP contribution is -2.23. The highest BCUT2D eigenvalue weighted by Gasteiger charge is 2.28. The van der Waals surface area contributed by atoms with Crippen molar-refractivity contribution in [3.63, 3.8) is 0 Å². The molecule has 0 spiro atoms. The average molecular weight is 393 g/mol. The normalized spacial score (nSPS) is 13.4. The second-order valence-electron chi connectivity index (χ2n) is 12.1. The minimum atomic E-state index is -0.0458. The molecular formula is C29H44. The van der Waals surface area contributed by atoms with Crippen LogP contribution in [-0.2, 0) is 16.2 Å². The van der Waals surface area contributed by atoms with E-state index in [-0.39, 0.29) is 16.2 Å². The molecule has 0 nitrogen and oxygen atoms in total. The summed E-state index contributed by atoms with van der Waals surface area (Å²) in [5.41, 5.74) is 8.84. The Kier molecular flexibility index (Phi) is 6.49. The van der Waals surface area contributed by atoms with Crippen LogP contribution >= 0.6 is 0 Å². The van der Waals surface area contributed by atoms with Crippen molar-refractivity contribution in [2.24, 2.45) is 0 Å². The molecule has 2 aromatic rings. The van der Waals surface area contributed by atoms with Crippen LogP contribution in [0.3, 0.4) is 0 Å². The molecule has 29 heavy (non-hydrogen) atoms. The van der Waals surface area contributed by atoms with Crippen molar-refractivity contribution in [3.8, 4) is 0 Å². The highest BCUT2D eigenvalue weighted by atomic mass is 14.3. The monoisotopic (exact) mass is 392 g/mol. The average Bonchev–Trinajstić information content (AvgIpc) is 2.59. The van der Waals surface area contributed by atoms with E-state index in [1.165, 1.54) is 33.4 Å². The maximum Gasteiger partial charge on any atom is 0.0146 e. The van der Waals surface area contributed by atoms with E-state index in [4.69, 9.17) is 0 Å². The molecule has 0 fully saturated rings. The van der Waals surface area contributed by atoms with Gasteiger partial charge < -0.3 is 0 Å².